The predicted octanol–water partition coefficient (Wildman–Crippen LogP) is 4.80. The number of benzene rings is 2. The molecule has 0 radical (unpaired) electrons. The van der Waals surface area contributed by atoms with Crippen molar-refractivity contribution in [1.82, 2.24) is 10.2 Å². The van der Waals surface area contributed by atoms with Gasteiger partial charge in [0.2, 0.25) is 5.91 Å². The highest BCUT2D eigenvalue weighted by Gasteiger charge is 2.42. The van der Waals surface area contributed by atoms with E-state index in [9.17, 15) is 14.4 Å². The van der Waals surface area contributed by atoms with Crippen molar-refractivity contribution in [3.05, 3.63) is 59.7 Å². The second-order valence-electron chi connectivity index (χ2n) is 9.58. The third kappa shape index (κ3) is 5.34. The number of nitrogens with one attached hydrogen (secondary N) is 1. The lowest BCUT2D eigenvalue weighted by Gasteiger charge is -2.36. The fourth-order valence-electron chi connectivity index (χ4n) is 5.03. The lowest BCUT2D eigenvalue weighted by molar-refractivity contribution is -0.141. The van der Waals surface area contributed by atoms with Gasteiger partial charge in [-0.15, -0.1) is 0 Å². The van der Waals surface area contributed by atoms with E-state index in [1.54, 1.807) is 4.90 Å². The summed E-state index contributed by atoms with van der Waals surface area (Å²) in [4.78, 5) is 39.3. The molecule has 1 saturated carbocycles. The highest BCUT2D eigenvalue weighted by molar-refractivity contribution is 5.90. The van der Waals surface area contributed by atoms with Crippen LogP contribution in [-0.4, -0.2) is 53.2 Å². The predicted molar refractivity (Wildman–Crippen MR) is 133 cm³/mol. The van der Waals surface area contributed by atoms with Gasteiger partial charge in [0.1, 0.15) is 12.1 Å². The van der Waals surface area contributed by atoms with E-state index in [1.165, 1.54) is 0 Å². The molecule has 2 N–H and O–H groups in total. The lowest BCUT2D eigenvalue weighted by atomic mass is 9.90. The van der Waals surface area contributed by atoms with Crippen LogP contribution in [0.25, 0.3) is 11.1 Å². The average molecular weight is 479 g/mol. The highest BCUT2D eigenvalue weighted by Crippen LogP contribution is 2.44. The van der Waals surface area contributed by atoms with Gasteiger partial charge in [0, 0.05) is 19.0 Å². The normalized spacial score (nSPS) is 14.7. The van der Waals surface area contributed by atoms with Crippen molar-refractivity contribution in [1.29, 1.82) is 0 Å². The minimum absolute atomic E-state index is 0.0663. The van der Waals surface area contributed by atoms with E-state index in [-0.39, 0.29) is 31.4 Å². The van der Waals surface area contributed by atoms with Crippen LogP contribution in [0.4, 0.5) is 4.79 Å². The summed E-state index contributed by atoms with van der Waals surface area (Å²) in [5.74, 6) is -0.831. The zero-order valence-electron chi connectivity index (χ0n) is 20.5. The maximum atomic E-state index is 13.6. The van der Waals surface area contributed by atoms with Crippen LogP contribution in [0.1, 0.15) is 63.0 Å². The Labute approximate surface area is 206 Å². The van der Waals surface area contributed by atoms with Gasteiger partial charge in [-0.1, -0.05) is 62.4 Å². The van der Waals surface area contributed by atoms with E-state index in [0.29, 0.717) is 25.3 Å². The highest BCUT2D eigenvalue weighted by atomic mass is 16.5. The van der Waals surface area contributed by atoms with Crippen LogP contribution in [0.3, 0.4) is 0 Å². The molecule has 0 aromatic heterocycles. The molecule has 2 aromatic rings. The largest absolute Gasteiger partial charge is 0.481 e. The van der Waals surface area contributed by atoms with Gasteiger partial charge in [-0.2, -0.15) is 0 Å². The molecule has 2 aliphatic carbocycles. The Bertz CT molecular complexity index is 1040. The Balaban J connectivity index is 1.46. The van der Waals surface area contributed by atoms with Gasteiger partial charge in [-0.25, -0.2) is 4.79 Å². The summed E-state index contributed by atoms with van der Waals surface area (Å²) in [7, 11) is 0. The average Bonchev–Trinajstić information content (AvgIpc) is 3.64. The number of rotatable bonds is 11. The molecule has 2 aromatic carbocycles. The Morgan fingerprint density at radius 1 is 1.00 bits per heavy atom. The SMILES string of the molecule is CCC(CC)(NC(=O)OCC1c2ccccc2-c2ccccc21)C(=O)N(CCC(=O)O)CC1CC1. The van der Waals surface area contributed by atoms with Crippen LogP contribution in [-0.2, 0) is 14.3 Å². The van der Waals surface area contributed by atoms with E-state index in [4.69, 9.17) is 9.84 Å². The van der Waals surface area contributed by atoms with Crippen molar-refractivity contribution in [2.75, 3.05) is 19.7 Å². The van der Waals surface area contributed by atoms with Gasteiger partial charge < -0.3 is 20.1 Å². The van der Waals surface area contributed by atoms with Gasteiger partial charge in [0.25, 0.3) is 0 Å². The summed E-state index contributed by atoms with van der Waals surface area (Å²) < 4.78 is 5.71. The van der Waals surface area contributed by atoms with Crippen LogP contribution in [0, 0.1) is 5.92 Å². The molecule has 35 heavy (non-hydrogen) atoms. The number of alkyl carbamates (subject to hydrolysis) is 1. The summed E-state index contributed by atoms with van der Waals surface area (Å²) >= 11 is 0. The summed E-state index contributed by atoms with van der Waals surface area (Å²) in [6.45, 7) is 4.55. The van der Waals surface area contributed by atoms with Gasteiger partial charge in [0.05, 0.1) is 6.42 Å². The first-order chi connectivity index (χ1) is 16.9. The zero-order chi connectivity index (χ0) is 25.0. The third-order valence-electron chi connectivity index (χ3n) is 7.36. The smallest absolute Gasteiger partial charge is 0.408 e. The topological polar surface area (TPSA) is 95.9 Å². The molecular formula is C28H34N2O5. The Kier molecular flexibility index (Phi) is 7.43. The third-order valence-corrected chi connectivity index (χ3v) is 7.36. The Morgan fingerprint density at radius 3 is 2.09 bits per heavy atom. The van der Waals surface area contributed by atoms with Crippen LogP contribution < -0.4 is 5.32 Å². The maximum Gasteiger partial charge on any atom is 0.408 e. The van der Waals surface area contributed by atoms with Crippen molar-refractivity contribution in [2.24, 2.45) is 5.92 Å². The van der Waals surface area contributed by atoms with Crippen molar-refractivity contribution < 1.29 is 24.2 Å². The quantitative estimate of drug-likeness (QED) is 0.484. The number of carboxylic acids is 1. The number of hydrogen-bond acceptors (Lipinski definition) is 4. The van der Waals surface area contributed by atoms with E-state index < -0.39 is 17.6 Å². The molecule has 0 atom stereocenters. The first-order valence-electron chi connectivity index (χ1n) is 12.5. The van der Waals surface area contributed by atoms with Crippen LogP contribution in [0.15, 0.2) is 48.5 Å². The van der Waals surface area contributed by atoms with Crippen molar-refractivity contribution in [2.45, 2.75) is 57.4 Å². The first kappa shape index (κ1) is 24.8. The van der Waals surface area contributed by atoms with Gasteiger partial charge in [-0.05, 0) is 53.9 Å². The molecule has 7 nitrogen and oxygen atoms in total. The molecule has 0 aliphatic heterocycles. The Hall–Kier alpha value is -3.35. The standard InChI is InChI=1S/C28H34N2O5/c1-3-28(4-2,26(33)30(16-15-25(31)32)17-19-13-14-19)29-27(34)35-18-24-22-11-7-5-9-20(22)21-10-6-8-12-23(21)24/h5-12,19,24H,3-4,13-18H2,1-2H3,(H,29,34)(H,31,32). The molecule has 0 spiro atoms. The molecule has 4 rings (SSSR count). The fourth-order valence-corrected chi connectivity index (χ4v) is 5.03. The Morgan fingerprint density at radius 2 is 1.57 bits per heavy atom. The van der Waals surface area contributed by atoms with Crippen molar-refractivity contribution >= 4 is 18.0 Å². The summed E-state index contributed by atoms with van der Waals surface area (Å²) in [5.41, 5.74) is 3.42. The molecule has 0 heterocycles. The summed E-state index contributed by atoms with van der Waals surface area (Å²) in [6, 6.07) is 16.3. The number of carboxylic acid groups (broad SMARTS) is 1. The van der Waals surface area contributed by atoms with Crippen LogP contribution >= 0.6 is 0 Å². The molecule has 0 saturated heterocycles. The molecule has 0 unspecified atom stereocenters. The minimum atomic E-state index is -1.13. The first-order valence-corrected chi connectivity index (χ1v) is 12.5. The minimum Gasteiger partial charge on any atom is -0.481 e. The van der Waals surface area contributed by atoms with Crippen molar-refractivity contribution in [3.8, 4) is 11.1 Å². The monoisotopic (exact) mass is 478 g/mol. The maximum absolute atomic E-state index is 13.6. The number of hydrogen-bond donors (Lipinski definition) is 2. The van der Waals surface area contributed by atoms with E-state index in [0.717, 1.165) is 35.1 Å². The van der Waals surface area contributed by atoms with Crippen LogP contribution in [0.5, 0.6) is 0 Å². The summed E-state index contributed by atoms with van der Waals surface area (Å²) in [6.07, 6.45) is 2.12. The number of aliphatic carboxylic acids is 1. The molecule has 1 fully saturated rings. The number of ether oxygens (including phenoxy) is 1. The zero-order valence-corrected chi connectivity index (χ0v) is 20.5. The number of amides is 2. The number of nitrogens with zero attached hydrogens (tertiary/aromatic N) is 1. The molecule has 0 bridgehead atoms. The molecule has 186 valence electrons. The molecule has 2 aliphatic rings. The second-order valence-corrected chi connectivity index (χ2v) is 9.58. The molecule has 2 amide bonds. The van der Waals surface area contributed by atoms with Crippen LogP contribution in [0.2, 0.25) is 0 Å². The van der Waals surface area contributed by atoms with E-state index in [2.05, 4.69) is 29.6 Å². The van der Waals surface area contributed by atoms with Gasteiger partial charge in [0.15, 0.2) is 0 Å². The van der Waals surface area contributed by atoms with E-state index >= 15 is 0 Å². The molecule has 7 heteroatoms. The molecular weight excluding hydrogens is 444 g/mol. The second kappa shape index (κ2) is 10.5. The number of carbonyl (C=O) groups excluding carboxylic acids is 2. The number of carbonyl (C=O) groups is 3. The van der Waals surface area contributed by atoms with E-state index in [1.807, 2.05) is 38.1 Å². The van der Waals surface area contributed by atoms with Gasteiger partial charge in [-0.3, -0.25) is 9.59 Å². The van der Waals surface area contributed by atoms with Crippen molar-refractivity contribution in [3.63, 3.8) is 0 Å². The summed E-state index contributed by atoms with van der Waals surface area (Å²) in [5, 5.41) is 12.0. The number of fused-ring (bicyclic) bond motifs is 3. The van der Waals surface area contributed by atoms with Gasteiger partial charge >= 0.3 is 12.1 Å². The fraction of sp³-hybridized carbons (Fsp3) is 0.464. The lowest BCUT2D eigenvalue weighted by Crippen LogP contribution is -2.59.